The molecule has 1 aromatic carbocycles. The van der Waals surface area contributed by atoms with Crippen LogP contribution >= 0.6 is 0 Å². The summed E-state index contributed by atoms with van der Waals surface area (Å²) in [4.78, 5) is 4.15. The van der Waals surface area contributed by atoms with E-state index in [0.29, 0.717) is 17.7 Å². The highest BCUT2D eigenvalue weighted by atomic mass is 32.2. The molecule has 0 amide bonds. The van der Waals surface area contributed by atoms with E-state index in [2.05, 4.69) is 4.99 Å². The minimum Gasteiger partial charge on any atom is -0.286 e. The van der Waals surface area contributed by atoms with Crippen LogP contribution in [-0.2, 0) is 25.7 Å². The molecule has 1 aliphatic rings. The van der Waals surface area contributed by atoms with Crippen LogP contribution in [0, 0.1) is 0 Å². The van der Waals surface area contributed by atoms with Gasteiger partial charge in [-0.1, -0.05) is 6.92 Å². The maximum atomic E-state index is 11.3. The highest BCUT2D eigenvalue weighted by Gasteiger charge is 2.37. The van der Waals surface area contributed by atoms with Gasteiger partial charge in [-0.2, -0.15) is 16.8 Å². The third-order valence-corrected chi connectivity index (χ3v) is 5.68. The van der Waals surface area contributed by atoms with Gasteiger partial charge in [0.15, 0.2) is 0 Å². The van der Waals surface area contributed by atoms with Gasteiger partial charge in [0.2, 0.25) is 0 Å². The summed E-state index contributed by atoms with van der Waals surface area (Å²) in [5.41, 5.74) is 1.31. The van der Waals surface area contributed by atoms with Gasteiger partial charge < -0.3 is 0 Å². The molecule has 7 nitrogen and oxygen atoms in total. The summed E-state index contributed by atoms with van der Waals surface area (Å²) >= 11 is 0. The average molecular weight is 347 g/mol. The van der Waals surface area contributed by atoms with Crippen molar-refractivity contribution in [1.82, 2.24) is 0 Å². The van der Waals surface area contributed by atoms with Crippen LogP contribution in [0.5, 0.6) is 0 Å². The molecule has 0 radical (unpaired) electrons. The minimum atomic E-state index is -4.32. The zero-order chi connectivity index (χ0) is 16.8. The Morgan fingerprint density at radius 1 is 1.18 bits per heavy atom. The molecule has 0 saturated heterocycles. The van der Waals surface area contributed by atoms with Crippen LogP contribution in [0.2, 0.25) is 0 Å². The first kappa shape index (κ1) is 17.1. The maximum absolute atomic E-state index is 11.3. The third-order valence-electron chi connectivity index (χ3n) is 4.03. The predicted octanol–water partition coefficient (Wildman–Crippen LogP) is 1.97. The Morgan fingerprint density at radius 2 is 1.82 bits per heavy atom. The topological polar surface area (TPSA) is 121 Å². The molecule has 0 bridgehead atoms. The van der Waals surface area contributed by atoms with E-state index in [1.165, 1.54) is 18.2 Å². The fourth-order valence-corrected chi connectivity index (χ4v) is 3.65. The molecular weight excluding hydrogens is 330 g/mol. The molecule has 1 aliphatic heterocycles. The van der Waals surface area contributed by atoms with Crippen molar-refractivity contribution in [3.8, 4) is 0 Å². The van der Waals surface area contributed by atoms with Crippen LogP contribution in [0.25, 0.3) is 0 Å². The normalized spacial score (nSPS) is 21.5. The molecule has 1 atom stereocenters. The second kappa shape index (κ2) is 5.41. The fraction of sp³-hybridized carbons (Fsp3) is 0.462. The van der Waals surface area contributed by atoms with Crippen LogP contribution in [0.1, 0.15) is 32.3 Å². The van der Waals surface area contributed by atoms with Crippen molar-refractivity contribution in [1.29, 1.82) is 0 Å². The fourth-order valence-electron chi connectivity index (χ4n) is 2.64. The van der Waals surface area contributed by atoms with Crippen LogP contribution in [0.3, 0.4) is 0 Å². The first-order chi connectivity index (χ1) is 9.93. The first-order valence-corrected chi connectivity index (χ1v) is 9.61. The number of fused-ring (bicyclic) bond motifs is 1. The van der Waals surface area contributed by atoms with Gasteiger partial charge in [-0.05, 0) is 43.5 Å². The van der Waals surface area contributed by atoms with Crippen molar-refractivity contribution in [3.63, 3.8) is 0 Å². The van der Waals surface area contributed by atoms with Crippen LogP contribution in [0.4, 0.5) is 5.69 Å². The molecule has 122 valence electrons. The number of rotatable bonds is 5. The number of nitrogens with zero attached hydrogens (tertiary/aromatic N) is 1. The second-order valence-electron chi connectivity index (χ2n) is 5.57. The number of hydrogen-bond acceptors (Lipinski definition) is 5. The molecule has 0 saturated carbocycles. The van der Waals surface area contributed by atoms with E-state index in [1.54, 1.807) is 6.92 Å². The Hall–Kier alpha value is -1.29. The van der Waals surface area contributed by atoms with Crippen molar-refractivity contribution in [2.45, 2.75) is 37.0 Å². The Bertz CT molecular complexity index is 841. The quantitative estimate of drug-likeness (QED) is 0.785. The number of benzene rings is 1. The van der Waals surface area contributed by atoms with Crippen LogP contribution in [-0.4, -0.2) is 37.4 Å². The third kappa shape index (κ3) is 3.37. The minimum absolute atomic E-state index is 0.206. The number of hydrogen-bond donors (Lipinski definition) is 2. The summed E-state index contributed by atoms with van der Waals surface area (Å²) in [6, 6.07) is 4.14. The summed E-state index contributed by atoms with van der Waals surface area (Å²) in [7, 11) is -8.37. The molecule has 1 unspecified atom stereocenters. The van der Waals surface area contributed by atoms with Crippen molar-refractivity contribution >= 4 is 31.6 Å². The maximum Gasteiger partial charge on any atom is 0.294 e. The van der Waals surface area contributed by atoms with Crippen LogP contribution < -0.4 is 0 Å². The van der Waals surface area contributed by atoms with E-state index < -0.39 is 25.7 Å². The molecule has 22 heavy (non-hydrogen) atoms. The van der Waals surface area contributed by atoms with E-state index in [0.717, 1.165) is 5.71 Å². The van der Waals surface area contributed by atoms with Gasteiger partial charge in [0, 0.05) is 11.1 Å². The summed E-state index contributed by atoms with van der Waals surface area (Å²) in [6.07, 6.45) is 0.585. The van der Waals surface area contributed by atoms with Crippen molar-refractivity contribution in [2.24, 2.45) is 4.99 Å². The standard InChI is InChI=1S/C13H17NO6S2/c1-9-13(2,6-3-7-21(15,16)17)11-8-10(22(18,19)20)4-5-12(11)14-9/h4-5,8H,3,6-7H2,1-2H3,(H,15,16,17)(H,18,19,20). The van der Waals surface area contributed by atoms with Crippen molar-refractivity contribution in [2.75, 3.05) is 5.75 Å². The predicted molar refractivity (Wildman–Crippen MR) is 82.0 cm³/mol. The largest absolute Gasteiger partial charge is 0.294 e. The summed E-state index contributed by atoms with van der Waals surface area (Å²) < 4.78 is 62.2. The summed E-state index contributed by atoms with van der Waals surface area (Å²) in [6.45, 7) is 3.61. The van der Waals surface area contributed by atoms with Gasteiger partial charge in [0.1, 0.15) is 0 Å². The molecule has 9 heteroatoms. The van der Waals surface area contributed by atoms with E-state index >= 15 is 0 Å². The lowest BCUT2D eigenvalue weighted by Crippen LogP contribution is -2.28. The summed E-state index contributed by atoms with van der Waals surface area (Å²) in [5, 5.41) is 0. The zero-order valence-electron chi connectivity index (χ0n) is 12.1. The van der Waals surface area contributed by atoms with Gasteiger partial charge in [0.25, 0.3) is 20.2 Å². The molecule has 0 fully saturated rings. The molecule has 2 N–H and O–H groups in total. The van der Waals surface area contributed by atoms with E-state index in [4.69, 9.17) is 9.11 Å². The monoisotopic (exact) mass is 347 g/mol. The Morgan fingerprint density at radius 3 is 2.36 bits per heavy atom. The molecule has 1 heterocycles. The molecular formula is C13H17NO6S2. The Kier molecular flexibility index (Phi) is 4.20. The Balaban J connectivity index is 2.37. The van der Waals surface area contributed by atoms with E-state index in [9.17, 15) is 16.8 Å². The first-order valence-electron chi connectivity index (χ1n) is 6.56. The van der Waals surface area contributed by atoms with Crippen molar-refractivity contribution < 1.29 is 25.9 Å². The zero-order valence-corrected chi connectivity index (χ0v) is 13.8. The molecule has 1 aromatic rings. The smallest absolute Gasteiger partial charge is 0.286 e. The highest BCUT2D eigenvalue weighted by molar-refractivity contribution is 7.86. The lowest BCUT2D eigenvalue weighted by Gasteiger charge is -2.26. The molecule has 0 aromatic heterocycles. The van der Waals surface area contributed by atoms with E-state index in [1.807, 2.05) is 6.92 Å². The van der Waals surface area contributed by atoms with Gasteiger partial charge in [0.05, 0.1) is 16.3 Å². The highest BCUT2D eigenvalue weighted by Crippen LogP contribution is 2.43. The molecule has 2 rings (SSSR count). The Labute approximate surface area is 129 Å². The second-order valence-corrected chi connectivity index (χ2v) is 8.57. The average Bonchev–Trinajstić information content (AvgIpc) is 2.59. The van der Waals surface area contributed by atoms with Gasteiger partial charge >= 0.3 is 0 Å². The molecule has 0 spiro atoms. The summed E-state index contributed by atoms with van der Waals surface area (Å²) in [5.74, 6) is -0.372. The van der Waals surface area contributed by atoms with E-state index in [-0.39, 0.29) is 17.1 Å². The molecule has 0 aliphatic carbocycles. The number of aliphatic imine (C=N–C) groups is 1. The van der Waals surface area contributed by atoms with Gasteiger partial charge in [-0.25, -0.2) is 0 Å². The SMILES string of the molecule is CC1=Nc2ccc(S(=O)(=O)O)cc2C1(C)CCCS(=O)(=O)O. The van der Waals surface area contributed by atoms with Crippen molar-refractivity contribution in [3.05, 3.63) is 23.8 Å². The van der Waals surface area contributed by atoms with Gasteiger partial charge in [-0.15, -0.1) is 0 Å². The van der Waals surface area contributed by atoms with Crippen LogP contribution in [0.15, 0.2) is 28.1 Å². The van der Waals surface area contributed by atoms with Gasteiger partial charge in [-0.3, -0.25) is 14.1 Å². The lowest BCUT2D eigenvalue weighted by atomic mass is 9.76. The lowest BCUT2D eigenvalue weighted by molar-refractivity contribution is 0.475.